The second-order valence-corrected chi connectivity index (χ2v) is 6.46. The fourth-order valence-electron chi connectivity index (χ4n) is 3.53. The first kappa shape index (κ1) is 16.3. The summed E-state index contributed by atoms with van der Waals surface area (Å²) in [5.74, 6) is 0.356. The van der Waals surface area contributed by atoms with E-state index in [1.54, 1.807) is 0 Å². The highest BCUT2D eigenvalue weighted by atomic mass is 16.5. The second kappa shape index (κ2) is 7.78. The molecule has 1 amide bonds. The number of carboxylic acid groups (broad SMARTS) is 1. The number of ether oxygens (including phenoxy) is 1. The Balaban J connectivity index is 1.84. The third-order valence-corrected chi connectivity index (χ3v) is 4.96. The lowest BCUT2D eigenvalue weighted by Crippen LogP contribution is -2.44. The predicted octanol–water partition coefficient (Wildman–Crippen LogP) is 2.15. The first-order valence-corrected chi connectivity index (χ1v) is 8.16. The molecule has 5 heteroatoms. The van der Waals surface area contributed by atoms with Gasteiger partial charge in [0.15, 0.2) is 0 Å². The van der Waals surface area contributed by atoms with Gasteiger partial charge < -0.3 is 14.7 Å². The number of nitrogens with zero attached hydrogens (tertiary/aromatic N) is 1. The molecule has 2 aliphatic rings. The third kappa shape index (κ3) is 4.70. The maximum absolute atomic E-state index is 12.6. The predicted molar refractivity (Wildman–Crippen MR) is 78.9 cm³/mol. The average Bonchev–Trinajstić information content (AvgIpc) is 2.52. The number of carboxylic acids is 1. The molecule has 2 fully saturated rings. The lowest BCUT2D eigenvalue weighted by molar-refractivity contribution is -0.140. The van der Waals surface area contributed by atoms with E-state index in [1.165, 1.54) is 0 Å². The van der Waals surface area contributed by atoms with Crippen LogP contribution in [0.3, 0.4) is 0 Å². The molecule has 1 N–H and O–H groups in total. The number of piperidine rings is 1. The summed E-state index contributed by atoms with van der Waals surface area (Å²) < 4.78 is 5.37. The number of carbonyl (C=O) groups is 2. The number of amides is 1. The Morgan fingerprint density at radius 3 is 2.67 bits per heavy atom. The van der Waals surface area contributed by atoms with Crippen molar-refractivity contribution in [2.45, 2.75) is 45.4 Å². The molecule has 2 saturated heterocycles. The van der Waals surface area contributed by atoms with Crippen molar-refractivity contribution < 1.29 is 19.4 Å². The van der Waals surface area contributed by atoms with Crippen LogP contribution in [-0.2, 0) is 14.3 Å². The van der Waals surface area contributed by atoms with Gasteiger partial charge in [-0.25, -0.2) is 0 Å². The molecular formula is C16H27NO4. The first-order chi connectivity index (χ1) is 10.1. The topological polar surface area (TPSA) is 66.8 Å². The van der Waals surface area contributed by atoms with Gasteiger partial charge in [0.2, 0.25) is 5.91 Å². The van der Waals surface area contributed by atoms with Crippen molar-refractivity contribution in [1.29, 1.82) is 0 Å². The third-order valence-electron chi connectivity index (χ3n) is 4.96. The van der Waals surface area contributed by atoms with Gasteiger partial charge in [-0.05, 0) is 43.9 Å². The summed E-state index contributed by atoms with van der Waals surface area (Å²) in [5.41, 5.74) is 0. The molecule has 2 rings (SSSR count). The van der Waals surface area contributed by atoms with Crippen molar-refractivity contribution in [3.8, 4) is 0 Å². The fraction of sp³-hybridized carbons (Fsp3) is 0.875. The largest absolute Gasteiger partial charge is 0.481 e. The van der Waals surface area contributed by atoms with Crippen molar-refractivity contribution in [3.05, 3.63) is 0 Å². The molecule has 0 aliphatic carbocycles. The summed E-state index contributed by atoms with van der Waals surface area (Å²) in [6.07, 6.45) is 4.89. The molecule has 0 aromatic rings. The molecule has 21 heavy (non-hydrogen) atoms. The zero-order chi connectivity index (χ0) is 15.2. The van der Waals surface area contributed by atoms with Crippen molar-refractivity contribution >= 4 is 11.9 Å². The van der Waals surface area contributed by atoms with Gasteiger partial charge in [0.1, 0.15) is 0 Å². The van der Waals surface area contributed by atoms with Crippen molar-refractivity contribution in [1.82, 2.24) is 4.90 Å². The van der Waals surface area contributed by atoms with Crippen LogP contribution in [0.4, 0.5) is 0 Å². The van der Waals surface area contributed by atoms with Crippen LogP contribution in [0.25, 0.3) is 0 Å². The number of rotatable bonds is 5. The Morgan fingerprint density at radius 2 is 2.00 bits per heavy atom. The van der Waals surface area contributed by atoms with Crippen LogP contribution in [-0.4, -0.2) is 48.2 Å². The Labute approximate surface area is 126 Å². The molecule has 0 aromatic heterocycles. The fourth-order valence-corrected chi connectivity index (χ4v) is 3.53. The van der Waals surface area contributed by atoms with Crippen LogP contribution in [0.2, 0.25) is 0 Å². The molecule has 2 atom stereocenters. The Morgan fingerprint density at radius 1 is 1.29 bits per heavy atom. The molecule has 120 valence electrons. The lowest BCUT2D eigenvalue weighted by Gasteiger charge is -2.36. The van der Waals surface area contributed by atoms with Gasteiger partial charge in [0, 0.05) is 38.6 Å². The van der Waals surface area contributed by atoms with Gasteiger partial charge in [0.05, 0.1) is 0 Å². The minimum Gasteiger partial charge on any atom is -0.481 e. The Kier molecular flexibility index (Phi) is 6.03. The number of aliphatic carboxylic acids is 1. The first-order valence-electron chi connectivity index (χ1n) is 8.16. The van der Waals surface area contributed by atoms with Gasteiger partial charge in [0.25, 0.3) is 0 Å². The van der Waals surface area contributed by atoms with Crippen LogP contribution >= 0.6 is 0 Å². The molecule has 0 unspecified atom stereocenters. The number of likely N-dealkylation sites (tertiary alicyclic amines) is 1. The lowest BCUT2D eigenvalue weighted by atomic mass is 9.85. The van der Waals surface area contributed by atoms with E-state index >= 15 is 0 Å². The van der Waals surface area contributed by atoms with E-state index in [0.29, 0.717) is 18.3 Å². The summed E-state index contributed by atoms with van der Waals surface area (Å²) in [6, 6.07) is 0. The summed E-state index contributed by atoms with van der Waals surface area (Å²) >= 11 is 0. The van der Waals surface area contributed by atoms with Crippen LogP contribution in [0.1, 0.15) is 45.4 Å². The molecular weight excluding hydrogens is 270 g/mol. The van der Waals surface area contributed by atoms with E-state index in [2.05, 4.69) is 0 Å². The zero-order valence-corrected chi connectivity index (χ0v) is 12.9. The van der Waals surface area contributed by atoms with E-state index in [4.69, 9.17) is 9.84 Å². The van der Waals surface area contributed by atoms with Gasteiger partial charge in [-0.2, -0.15) is 0 Å². The van der Waals surface area contributed by atoms with Crippen LogP contribution in [0.15, 0.2) is 0 Å². The highest BCUT2D eigenvalue weighted by molar-refractivity contribution is 5.79. The SMILES string of the molecule is C[C@H](C(=O)N1CCC[C@H](CCC(=O)O)C1)C1CCOCC1. The molecule has 0 bridgehead atoms. The number of carbonyl (C=O) groups excluding carboxylic acids is 1. The molecule has 2 aliphatic heterocycles. The van der Waals surface area contributed by atoms with E-state index < -0.39 is 5.97 Å². The minimum absolute atomic E-state index is 0.0622. The maximum atomic E-state index is 12.6. The standard InChI is InChI=1S/C16H27NO4/c1-12(14-6-9-21-10-7-14)16(20)17-8-2-3-13(11-17)4-5-15(18)19/h12-14H,2-11H2,1H3,(H,18,19)/t12-,13+/m0/s1. The quantitative estimate of drug-likeness (QED) is 0.844. The van der Waals surface area contributed by atoms with Crippen LogP contribution in [0, 0.1) is 17.8 Å². The minimum atomic E-state index is -0.742. The zero-order valence-electron chi connectivity index (χ0n) is 12.9. The van der Waals surface area contributed by atoms with E-state index in [9.17, 15) is 9.59 Å². The second-order valence-electron chi connectivity index (χ2n) is 6.46. The highest BCUT2D eigenvalue weighted by Gasteiger charge is 2.31. The van der Waals surface area contributed by atoms with E-state index in [-0.39, 0.29) is 18.2 Å². The molecule has 2 heterocycles. The van der Waals surface area contributed by atoms with Crippen LogP contribution < -0.4 is 0 Å². The van der Waals surface area contributed by atoms with Crippen molar-refractivity contribution in [3.63, 3.8) is 0 Å². The van der Waals surface area contributed by atoms with E-state index in [0.717, 1.165) is 52.0 Å². The smallest absolute Gasteiger partial charge is 0.303 e. The molecule has 0 aromatic carbocycles. The molecule has 0 saturated carbocycles. The molecule has 0 spiro atoms. The van der Waals surface area contributed by atoms with E-state index in [1.807, 2.05) is 11.8 Å². The summed E-state index contributed by atoms with van der Waals surface area (Å²) in [5, 5.41) is 8.79. The summed E-state index contributed by atoms with van der Waals surface area (Å²) in [7, 11) is 0. The van der Waals surface area contributed by atoms with Crippen molar-refractivity contribution in [2.24, 2.45) is 17.8 Å². The molecule has 5 nitrogen and oxygen atoms in total. The Hall–Kier alpha value is -1.10. The number of hydrogen-bond donors (Lipinski definition) is 1. The average molecular weight is 297 g/mol. The Bertz CT molecular complexity index is 365. The summed E-state index contributed by atoms with van der Waals surface area (Å²) in [4.78, 5) is 25.3. The highest BCUT2D eigenvalue weighted by Crippen LogP contribution is 2.28. The summed E-state index contributed by atoms with van der Waals surface area (Å²) in [6.45, 7) is 5.14. The van der Waals surface area contributed by atoms with Gasteiger partial charge in [-0.1, -0.05) is 6.92 Å². The van der Waals surface area contributed by atoms with Gasteiger partial charge in [-0.15, -0.1) is 0 Å². The molecule has 0 radical (unpaired) electrons. The van der Waals surface area contributed by atoms with Gasteiger partial charge in [-0.3, -0.25) is 9.59 Å². The number of hydrogen-bond acceptors (Lipinski definition) is 3. The van der Waals surface area contributed by atoms with Crippen molar-refractivity contribution in [2.75, 3.05) is 26.3 Å². The van der Waals surface area contributed by atoms with Gasteiger partial charge >= 0.3 is 5.97 Å². The normalized spacial score (nSPS) is 25.6. The van der Waals surface area contributed by atoms with Crippen LogP contribution in [0.5, 0.6) is 0 Å². The monoisotopic (exact) mass is 297 g/mol. The maximum Gasteiger partial charge on any atom is 0.303 e.